The summed E-state index contributed by atoms with van der Waals surface area (Å²) in [6.45, 7) is 0. The molecule has 0 bridgehead atoms. The Kier molecular flexibility index (Phi) is 4.07. The molecule has 0 aliphatic carbocycles. The van der Waals surface area contributed by atoms with E-state index < -0.39 is 0 Å². The van der Waals surface area contributed by atoms with Crippen molar-refractivity contribution in [3.8, 4) is 0 Å². The van der Waals surface area contributed by atoms with E-state index in [-0.39, 0.29) is 0 Å². The van der Waals surface area contributed by atoms with E-state index in [1.807, 2.05) is 7.05 Å². The van der Waals surface area contributed by atoms with Crippen molar-refractivity contribution in [2.45, 2.75) is 0 Å². The van der Waals surface area contributed by atoms with E-state index in [0.717, 1.165) is 3.70 Å². The molecule has 0 fully saturated rings. The second-order valence-corrected chi connectivity index (χ2v) is 2.09. The largest absolute Gasteiger partial charge is 0.383 e. The van der Waals surface area contributed by atoms with Gasteiger partial charge in [-0.05, 0) is 28.7 Å². The van der Waals surface area contributed by atoms with E-state index in [9.17, 15) is 0 Å². The van der Waals surface area contributed by atoms with Crippen molar-refractivity contribution in [2.75, 3.05) is 7.05 Å². The Morgan fingerprint density at radius 2 is 2.43 bits per heavy atom. The Morgan fingerprint density at radius 1 is 1.86 bits per heavy atom. The quantitative estimate of drug-likeness (QED) is 0.400. The summed E-state index contributed by atoms with van der Waals surface area (Å²) in [5, 5.41) is 9.45. The van der Waals surface area contributed by atoms with Crippen LogP contribution in [0.2, 0.25) is 0 Å². The summed E-state index contributed by atoms with van der Waals surface area (Å²) in [6.07, 6.45) is 2.93. The van der Waals surface area contributed by atoms with E-state index in [2.05, 4.69) is 27.9 Å². The molecule has 0 heterocycles. The first-order valence-corrected chi connectivity index (χ1v) is 2.93. The molecule has 2 nitrogen and oxygen atoms in total. The molecule has 0 aliphatic heterocycles. The summed E-state index contributed by atoms with van der Waals surface area (Å²) in [7, 11) is 1.82. The van der Waals surface area contributed by atoms with E-state index in [0.29, 0.717) is 0 Å². The van der Waals surface area contributed by atoms with Gasteiger partial charge < -0.3 is 10.7 Å². The van der Waals surface area contributed by atoms with Crippen LogP contribution in [0.5, 0.6) is 0 Å². The molecule has 3 heteroatoms. The lowest BCUT2D eigenvalue weighted by Gasteiger charge is -1.89. The predicted molar refractivity (Wildman–Crippen MR) is 39.9 cm³/mol. The molecule has 0 radical (unpaired) electrons. The molecule has 0 saturated heterocycles. The third-order valence-electron chi connectivity index (χ3n) is 0.468. The van der Waals surface area contributed by atoms with Gasteiger partial charge in [-0.25, -0.2) is 0 Å². The van der Waals surface area contributed by atoms with Gasteiger partial charge in [0.2, 0.25) is 0 Å². The maximum Gasteiger partial charge on any atom is 0.0744 e. The summed E-state index contributed by atoms with van der Waals surface area (Å²) in [6, 6.07) is 0. The van der Waals surface area contributed by atoms with Crippen molar-refractivity contribution < 1.29 is 0 Å². The highest BCUT2D eigenvalue weighted by atomic mass is 127. The van der Waals surface area contributed by atoms with Crippen molar-refractivity contribution in [1.82, 2.24) is 5.32 Å². The zero-order valence-corrected chi connectivity index (χ0v) is 6.19. The average molecular weight is 210 g/mol. The predicted octanol–water partition coefficient (Wildman–Crippen LogP) is 1.13. The second-order valence-electron chi connectivity index (χ2n) is 0.931. The molecule has 0 aliphatic rings. The van der Waals surface area contributed by atoms with E-state index in [1.165, 1.54) is 6.21 Å². The van der Waals surface area contributed by atoms with Gasteiger partial charge in [-0.3, -0.25) is 0 Å². The summed E-state index contributed by atoms with van der Waals surface area (Å²) in [5.74, 6) is 0. The fourth-order valence-electron chi connectivity index (χ4n) is 0.156. The third kappa shape index (κ3) is 3.78. The van der Waals surface area contributed by atoms with Crippen molar-refractivity contribution in [2.24, 2.45) is 0 Å². The maximum atomic E-state index is 6.59. The fraction of sp³-hybridized carbons (Fsp3) is 0.250. The summed E-state index contributed by atoms with van der Waals surface area (Å²) in [4.78, 5) is 0. The molecular formula is C4H7IN2. The van der Waals surface area contributed by atoms with Gasteiger partial charge in [0.05, 0.1) is 3.70 Å². The molecule has 2 N–H and O–H groups in total. The zero-order valence-electron chi connectivity index (χ0n) is 4.03. The van der Waals surface area contributed by atoms with Gasteiger partial charge in [0.25, 0.3) is 0 Å². The van der Waals surface area contributed by atoms with Crippen LogP contribution in [0, 0.1) is 5.41 Å². The molecule has 0 atom stereocenters. The molecular weight excluding hydrogens is 203 g/mol. The smallest absolute Gasteiger partial charge is 0.0744 e. The molecule has 7 heavy (non-hydrogen) atoms. The van der Waals surface area contributed by atoms with Crippen LogP contribution < -0.4 is 5.32 Å². The minimum Gasteiger partial charge on any atom is -0.383 e. The first-order chi connectivity index (χ1) is 3.31. The number of nitrogens with one attached hydrogen (secondary N) is 2. The number of allylic oxidation sites excluding steroid dienone is 1. The molecule has 40 valence electrons. The molecule has 0 unspecified atom stereocenters. The topological polar surface area (TPSA) is 35.9 Å². The van der Waals surface area contributed by atoms with Crippen LogP contribution in [0.1, 0.15) is 0 Å². The van der Waals surface area contributed by atoms with Gasteiger partial charge in [-0.2, -0.15) is 0 Å². The van der Waals surface area contributed by atoms with Crippen LogP contribution in [0.3, 0.4) is 0 Å². The number of hydrogen-bond donors (Lipinski definition) is 2. The SMILES string of the molecule is CN/C(I)=C\C=N. The normalized spacial score (nSPS) is 10.9. The molecule has 0 saturated carbocycles. The van der Waals surface area contributed by atoms with Gasteiger partial charge in [-0.15, -0.1) is 0 Å². The minimum atomic E-state index is 0.979. The molecule has 0 amide bonds. The molecule has 0 aromatic heterocycles. The summed E-state index contributed by atoms with van der Waals surface area (Å²) >= 11 is 2.10. The molecule has 0 spiro atoms. The van der Waals surface area contributed by atoms with Gasteiger partial charge in [-0.1, -0.05) is 0 Å². The van der Waals surface area contributed by atoms with Crippen molar-refractivity contribution in [3.05, 3.63) is 9.78 Å². The Balaban J connectivity index is 3.49. The molecule has 0 aromatic carbocycles. The lowest BCUT2D eigenvalue weighted by Crippen LogP contribution is -1.97. The lowest BCUT2D eigenvalue weighted by molar-refractivity contribution is 1.10. The number of halogens is 1. The molecule has 0 aromatic rings. The standard InChI is InChI=1S/C4H7IN2/c1-7-4(5)2-3-6/h2-3,6-7H,1H3/b4-2-,6-3?. The average Bonchev–Trinajstić information content (AvgIpc) is 1.68. The second kappa shape index (κ2) is 4.11. The number of hydrogen-bond acceptors (Lipinski definition) is 2. The first kappa shape index (κ1) is 6.94. The highest BCUT2D eigenvalue weighted by Crippen LogP contribution is 1.95. The Morgan fingerprint density at radius 3 is 2.57 bits per heavy atom. The third-order valence-corrected chi connectivity index (χ3v) is 1.37. The van der Waals surface area contributed by atoms with Crippen molar-refractivity contribution >= 4 is 28.8 Å². The fourth-order valence-corrected chi connectivity index (χ4v) is 0.336. The first-order valence-electron chi connectivity index (χ1n) is 1.85. The van der Waals surface area contributed by atoms with Crippen LogP contribution in [0.25, 0.3) is 0 Å². The van der Waals surface area contributed by atoms with Gasteiger partial charge in [0.15, 0.2) is 0 Å². The van der Waals surface area contributed by atoms with Gasteiger partial charge in [0.1, 0.15) is 0 Å². The summed E-state index contributed by atoms with van der Waals surface area (Å²) < 4.78 is 0.979. The van der Waals surface area contributed by atoms with Gasteiger partial charge >= 0.3 is 0 Å². The van der Waals surface area contributed by atoms with Crippen LogP contribution >= 0.6 is 22.6 Å². The molecule has 0 rings (SSSR count). The lowest BCUT2D eigenvalue weighted by atomic mass is 10.7. The van der Waals surface area contributed by atoms with Crippen LogP contribution in [0.4, 0.5) is 0 Å². The Hall–Kier alpha value is -0.0600. The van der Waals surface area contributed by atoms with Crippen LogP contribution in [0.15, 0.2) is 9.78 Å². The highest BCUT2D eigenvalue weighted by Gasteiger charge is 1.75. The van der Waals surface area contributed by atoms with E-state index in [1.54, 1.807) is 6.08 Å². The zero-order chi connectivity index (χ0) is 5.70. The highest BCUT2D eigenvalue weighted by molar-refractivity contribution is 14.1. The Bertz CT molecular complexity index is 87.7. The van der Waals surface area contributed by atoms with Crippen molar-refractivity contribution in [1.29, 1.82) is 5.41 Å². The van der Waals surface area contributed by atoms with Gasteiger partial charge in [0, 0.05) is 13.3 Å². The monoisotopic (exact) mass is 210 g/mol. The Labute approximate surface area is 56.6 Å². The van der Waals surface area contributed by atoms with E-state index in [4.69, 9.17) is 5.41 Å². The van der Waals surface area contributed by atoms with Crippen molar-refractivity contribution in [3.63, 3.8) is 0 Å². The number of rotatable bonds is 2. The maximum absolute atomic E-state index is 6.59. The van der Waals surface area contributed by atoms with E-state index >= 15 is 0 Å². The van der Waals surface area contributed by atoms with Crippen LogP contribution in [-0.4, -0.2) is 13.3 Å². The minimum absolute atomic E-state index is 0.979. The van der Waals surface area contributed by atoms with Crippen LogP contribution in [-0.2, 0) is 0 Å². The summed E-state index contributed by atoms with van der Waals surface area (Å²) in [5.41, 5.74) is 0.